The average molecular weight is 737 g/mol. The number of urea groups is 1. The molecule has 0 saturated heterocycles. The van der Waals surface area contributed by atoms with E-state index in [1.165, 1.54) is 42.6 Å². The number of nitrogens with one attached hydrogen (secondary N) is 2. The molecule has 0 aromatic heterocycles. The Balaban J connectivity index is 1.60. The van der Waals surface area contributed by atoms with Crippen LogP contribution in [0.15, 0.2) is 89.6 Å². The molecule has 2 aliphatic rings. The lowest BCUT2D eigenvalue weighted by molar-refractivity contribution is -0.122. The van der Waals surface area contributed by atoms with Gasteiger partial charge in [0.25, 0.3) is 0 Å². The van der Waals surface area contributed by atoms with Crippen LogP contribution in [0.5, 0.6) is 0 Å². The third kappa shape index (κ3) is 9.70. The van der Waals surface area contributed by atoms with Crippen molar-refractivity contribution in [2.24, 2.45) is 10.9 Å². The summed E-state index contributed by atoms with van der Waals surface area (Å²) in [6.07, 6.45) is 13.8. The Morgan fingerprint density at radius 2 is 1.74 bits per heavy atom. The number of hydrogen-bond acceptors (Lipinski definition) is 5. The molecule has 246 valence electrons. The number of carbonyl (C=O) groups is 2. The van der Waals surface area contributed by atoms with Crippen LogP contribution < -0.4 is 10.6 Å². The van der Waals surface area contributed by atoms with Crippen LogP contribution in [0.3, 0.4) is 0 Å². The maximum absolute atomic E-state index is 13.6. The van der Waals surface area contributed by atoms with E-state index in [-0.39, 0.29) is 24.4 Å². The highest BCUT2D eigenvalue weighted by atomic mass is 127. The summed E-state index contributed by atoms with van der Waals surface area (Å²) >= 11 is 2.29. The Bertz CT molecular complexity index is 1440. The molecule has 0 radical (unpaired) electrons. The first-order valence-corrected chi connectivity index (χ1v) is 17.4. The molecule has 1 unspecified atom stereocenters. The van der Waals surface area contributed by atoms with Crippen LogP contribution in [0.1, 0.15) is 69.0 Å². The summed E-state index contributed by atoms with van der Waals surface area (Å²) in [6.45, 7) is 8.33. The molecule has 2 N–H and O–H groups in total. The van der Waals surface area contributed by atoms with Crippen molar-refractivity contribution < 1.29 is 9.59 Å². The van der Waals surface area contributed by atoms with Crippen molar-refractivity contribution in [3.8, 4) is 0 Å². The lowest BCUT2D eigenvalue weighted by Gasteiger charge is -2.41. The van der Waals surface area contributed by atoms with Crippen LogP contribution in [0.4, 0.5) is 10.5 Å². The van der Waals surface area contributed by atoms with Gasteiger partial charge in [0.15, 0.2) is 0 Å². The maximum Gasteiger partial charge on any atom is 0.316 e. The van der Waals surface area contributed by atoms with E-state index in [1.807, 2.05) is 49.5 Å². The van der Waals surface area contributed by atoms with Crippen molar-refractivity contribution in [2.75, 3.05) is 34.2 Å². The first-order chi connectivity index (χ1) is 22.2. The van der Waals surface area contributed by atoms with Gasteiger partial charge in [-0.2, -0.15) is 0 Å². The summed E-state index contributed by atoms with van der Waals surface area (Å²) in [6, 6.07) is 15.8. The zero-order valence-corrected chi connectivity index (χ0v) is 29.9. The number of rotatable bonds is 12. The fourth-order valence-electron chi connectivity index (χ4n) is 6.11. The van der Waals surface area contributed by atoms with E-state index in [9.17, 15) is 9.59 Å². The molecule has 1 aliphatic carbocycles. The fraction of sp³-hybridized carbons (Fsp3) is 0.432. The summed E-state index contributed by atoms with van der Waals surface area (Å²) in [7, 11) is 5.48. The number of carbonyl (C=O) groups excluding carboxylic acids is 2. The maximum atomic E-state index is 13.6. The van der Waals surface area contributed by atoms with Gasteiger partial charge in [-0.15, -0.1) is 0 Å². The molecule has 4 rings (SSSR count). The summed E-state index contributed by atoms with van der Waals surface area (Å²) in [5.74, 6) is 1.27. The number of guanidine groups is 1. The smallest absolute Gasteiger partial charge is 0.316 e. The zero-order valence-electron chi connectivity index (χ0n) is 27.8. The van der Waals surface area contributed by atoms with E-state index < -0.39 is 0 Å². The minimum absolute atomic E-state index is 0.0354. The predicted octanol–water partition coefficient (Wildman–Crippen LogP) is 7.53. The van der Waals surface area contributed by atoms with E-state index in [0.29, 0.717) is 25.6 Å². The topological polar surface area (TPSA) is 80.3 Å². The van der Waals surface area contributed by atoms with Gasteiger partial charge in [0.1, 0.15) is 0 Å². The average Bonchev–Trinajstić information content (AvgIpc) is 3.06. The molecule has 1 atom stereocenters. The number of hydrogen-bond donors (Lipinski definition) is 2. The van der Waals surface area contributed by atoms with Crippen molar-refractivity contribution in [2.45, 2.75) is 64.5 Å². The van der Waals surface area contributed by atoms with Crippen LogP contribution in [0, 0.1) is 9.49 Å². The number of halogens is 1. The van der Waals surface area contributed by atoms with Crippen LogP contribution in [0.2, 0.25) is 0 Å². The molecule has 46 heavy (non-hydrogen) atoms. The van der Waals surface area contributed by atoms with E-state index in [0.717, 1.165) is 38.5 Å². The standard InChI is InChI=1S/C37H49IN6O2/c1-6-29(30-13-8-7-9-14-30)20-17-27(2)44-34(25-35(45)40-26-28-18-21-31(38)22-19-28)32-15-10-11-16-33(32)41-36(44)43(5)24-12-23-39-37(46)42(3)4/h6,10-11,15-22,30,34H,2,7-9,12-14,23-26H2,1,3-5H3,(H,39,46)(H,40,45)/b20-17-,29-6+. The fourth-order valence-corrected chi connectivity index (χ4v) is 6.47. The van der Waals surface area contributed by atoms with Crippen LogP contribution in [0.25, 0.3) is 0 Å². The lowest BCUT2D eigenvalue weighted by atomic mass is 9.83. The minimum atomic E-state index is -0.294. The Kier molecular flexibility index (Phi) is 13.3. The lowest BCUT2D eigenvalue weighted by Crippen LogP contribution is -2.47. The highest BCUT2D eigenvalue weighted by Gasteiger charge is 2.34. The normalized spacial score (nSPS) is 16.9. The van der Waals surface area contributed by atoms with Gasteiger partial charge in [-0.1, -0.05) is 68.3 Å². The van der Waals surface area contributed by atoms with Gasteiger partial charge in [-0.25, -0.2) is 9.79 Å². The van der Waals surface area contributed by atoms with Crippen molar-refractivity contribution >= 4 is 46.2 Å². The molecule has 1 heterocycles. The monoisotopic (exact) mass is 736 g/mol. The number of fused-ring (bicyclic) bond motifs is 1. The zero-order chi connectivity index (χ0) is 33.1. The number of nitrogens with zero attached hydrogens (tertiary/aromatic N) is 4. The minimum Gasteiger partial charge on any atom is -0.352 e. The second-order valence-corrected chi connectivity index (χ2v) is 13.6. The Labute approximate surface area is 288 Å². The van der Waals surface area contributed by atoms with Crippen LogP contribution in [-0.4, -0.2) is 66.8 Å². The molecule has 1 fully saturated rings. The third-order valence-electron chi connectivity index (χ3n) is 8.71. The molecular weight excluding hydrogens is 687 g/mol. The molecule has 1 saturated carbocycles. The molecule has 9 heteroatoms. The van der Waals surface area contributed by atoms with Gasteiger partial charge in [0, 0.05) is 55.6 Å². The molecule has 8 nitrogen and oxygen atoms in total. The first-order valence-electron chi connectivity index (χ1n) is 16.4. The van der Waals surface area contributed by atoms with Crippen molar-refractivity contribution in [3.05, 3.63) is 99.3 Å². The number of aliphatic imine (C=N–C) groups is 1. The Morgan fingerprint density at radius 3 is 2.43 bits per heavy atom. The van der Waals surface area contributed by atoms with Crippen molar-refractivity contribution in [1.29, 1.82) is 0 Å². The third-order valence-corrected chi connectivity index (χ3v) is 9.43. The van der Waals surface area contributed by atoms with Gasteiger partial charge in [0.05, 0.1) is 18.2 Å². The van der Waals surface area contributed by atoms with E-state index in [4.69, 9.17) is 4.99 Å². The Morgan fingerprint density at radius 1 is 1.02 bits per heavy atom. The molecular formula is C37H49IN6O2. The number of para-hydroxylation sites is 1. The Hall–Kier alpha value is -3.60. The molecule has 2 aromatic carbocycles. The number of allylic oxidation sites excluding steroid dienone is 4. The highest BCUT2D eigenvalue weighted by molar-refractivity contribution is 14.1. The van der Waals surface area contributed by atoms with Crippen molar-refractivity contribution in [3.63, 3.8) is 0 Å². The first kappa shape index (κ1) is 35.3. The summed E-state index contributed by atoms with van der Waals surface area (Å²) in [5.41, 5.74) is 5.03. The van der Waals surface area contributed by atoms with Crippen molar-refractivity contribution in [1.82, 2.24) is 25.3 Å². The van der Waals surface area contributed by atoms with Crippen LogP contribution in [-0.2, 0) is 11.3 Å². The molecule has 0 bridgehead atoms. The second-order valence-electron chi connectivity index (χ2n) is 12.3. The van der Waals surface area contributed by atoms with Gasteiger partial charge in [0.2, 0.25) is 11.9 Å². The SMILES string of the molecule is C=C(/C=C\C(=C/C)C1CCCCC1)N1C(N(C)CCCNC(=O)N(C)C)=Nc2ccccc2C1CC(=O)NCc1ccc(I)cc1. The van der Waals surface area contributed by atoms with E-state index in [2.05, 4.69) is 80.8 Å². The summed E-state index contributed by atoms with van der Waals surface area (Å²) < 4.78 is 1.16. The number of amides is 3. The van der Waals surface area contributed by atoms with Gasteiger partial charge in [-0.3, -0.25) is 4.79 Å². The van der Waals surface area contributed by atoms with E-state index in [1.54, 1.807) is 14.1 Å². The van der Waals surface area contributed by atoms with Gasteiger partial charge < -0.3 is 25.3 Å². The molecule has 0 spiro atoms. The highest BCUT2D eigenvalue weighted by Crippen LogP contribution is 2.40. The second kappa shape index (κ2) is 17.4. The van der Waals surface area contributed by atoms with E-state index >= 15 is 0 Å². The molecule has 3 amide bonds. The molecule has 1 aliphatic heterocycles. The molecule has 2 aromatic rings. The van der Waals surface area contributed by atoms with Gasteiger partial charge in [-0.05, 0) is 90.1 Å². The quantitative estimate of drug-likeness (QED) is 0.134. The largest absolute Gasteiger partial charge is 0.352 e. The van der Waals surface area contributed by atoms with Gasteiger partial charge >= 0.3 is 6.03 Å². The summed E-state index contributed by atoms with van der Waals surface area (Å²) in [4.78, 5) is 36.5. The number of benzene rings is 2. The van der Waals surface area contributed by atoms with Crippen LogP contribution >= 0.6 is 22.6 Å². The summed E-state index contributed by atoms with van der Waals surface area (Å²) in [5, 5.41) is 6.09. The predicted molar refractivity (Wildman–Crippen MR) is 197 cm³/mol.